The van der Waals surface area contributed by atoms with Crippen LogP contribution in [0.1, 0.15) is 5.56 Å². The molecule has 1 radical (unpaired) electrons. The summed E-state index contributed by atoms with van der Waals surface area (Å²) in [5.41, 5.74) is 0.990. The predicted molar refractivity (Wildman–Crippen MR) is 62.4 cm³/mol. The van der Waals surface area contributed by atoms with Crippen LogP contribution in [0, 0.1) is 13.5 Å². The molecule has 0 unspecified atom stereocenters. The number of amides is 1. The number of piperazine rings is 1. The first-order chi connectivity index (χ1) is 8.00. The second kappa shape index (κ2) is 4.46. The SMILES string of the molecule is Cc1ccc(S(=O)(=O)N2[CH]C(=O)NCC2)cc1. The molecular weight excluding hydrogens is 240 g/mol. The Bertz CT molecular complexity index is 522. The van der Waals surface area contributed by atoms with E-state index in [1.54, 1.807) is 24.3 Å². The fourth-order valence-electron chi connectivity index (χ4n) is 1.57. The molecule has 5 nitrogen and oxygen atoms in total. The smallest absolute Gasteiger partial charge is 0.243 e. The molecule has 1 aliphatic heterocycles. The van der Waals surface area contributed by atoms with Crippen LogP contribution in [-0.4, -0.2) is 31.7 Å². The van der Waals surface area contributed by atoms with Crippen molar-refractivity contribution >= 4 is 15.9 Å². The second-order valence-corrected chi connectivity index (χ2v) is 5.74. The lowest BCUT2D eigenvalue weighted by Gasteiger charge is -2.25. The Labute approximate surface area is 100 Å². The van der Waals surface area contributed by atoms with Crippen LogP contribution in [0.4, 0.5) is 0 Å². The Hall–Kier alpha value is -1.40. The van der Waals surface area contributed by atoms with Gasteiger partial charge >= 0.3 is 0 Å². The van der Waals surface area contributed by atoms with Crippen molar-refractivity contribution in [3.05, 3.63) is 36.4 Å². The van der Waals surface area contributed by atoms with Crippen LogP contribution < -0.4 is 5.32 Å². The van der Waals surface area contributed by atoms with E-state index in [0.29, 0.717) is 6.54 Å². The minimum atomic E-state index is -3.59. The van der Waals surface area contributed by atoms with Crippen LogP contribution in [0.3, 0.4) is 0 Å². The number of aryl methyl sites for hydroxylation is 1. The summed E-state index contributed by atoms with van der Waals surface area (Å²) in [4.78, 5) is 11.3. The molecular formula is C11H13N2O3S. The van der Waals surface area contributed by atoms with Gasteiger partial charge in [-0.2, -0.15) is 4.31 Å². The van der Waals surface area contributed by atoms with Gasteiger partial charge in [-0.05, 0) is 19.1 Å². The molecule has 1 aromatic carbocycles. The third-order valence-electron chi connectivity index (χ3n) is 2.52. The topological polar surface area (TPSA) is 66.5 Å². The number of hydrogen-bond acceptors (Lipinski definition) is 3. The van der Waals surface area contributed by atoms with E-state index >= 15 is 0 Å². The zero-order valence-corrected chi connectivity index (χ0v) is 10.2. The maximum Gasteiger partial charge on any atom is 0.243 e. The first-order valence-electron chi connectivity index (χ1n) is 5.21. The normalized spacial score (nSPS) is 17.8. The van der Waals surface area contributed by atoms with E-state index in [2.05, 4.69) is 5.32 Å². The number of sulfonamides is 1. The number of carbonyl (C=O) groups is 1. The highest BCUT2D eigenvalue weighted by molar-refractivity contribution is 7.89. The number of nitrogens with zero attached hydrogens (tertiary/aromatic N) is 1. The standard InChI is InChI=1S/C11H13N2O3S/c1-9-2-4-10(5-3-9)17(15,16)13-7-6-12-11(14)8-13/h2-5,8H,6-7H2,1H3,(H,12,14). The van der Waals surface area contributed by atoms with E-state index < -0.39 is 10.0 Å². The molecule has 1 aromatic rings. The lowest BCUT2D eigenvalue weighted by atomic mass is 10.2. The number of benzene rings is 1. The molecule has 1 amide bonds. The monoisotopic (exact) mass is 253 g/mol. The average molecular weight is 253 g/mol. The minimum Gasteiger partial charge on any atom is -0.353 e. The van der Waals surface area contributed by atoms with Gasteiger partial charge in [-0.3, -0.25) is 4.79 Å². The Morgan fingerprint density at radius 1 is 1.24 bits per heavy atom. The van der Waals surface area contributed by atoms with Gasteiger partial charge in [-0.15, -0.1) is 0 Å². The summed E-state index contributed by atoms with van der Waals surface area (Å²) in [7, 11) is -3.59. The van der Waals surface area contributed by atoms with Crippen LogP contribution in [0.15, 0.2) is 29.2 Å². The van der Waals surface area contributed by atoms with Crippen molar-refractivity contribution in [1.82, 2.24) is 9.62 Å². The summed E-state index contributed by atoms with van der Waals surface area (Å²) in [6, 6.07) is 6.56. The highest BCUT2D eigenvalue weighted by Gasteiger charge is 2.29. The molecule has 1 saturated heterocycles. The van der Waals surface area contributed by atoms with Gasteiger partial charge < -0.3 is 5.32 Å². The Kier molecular flexibility index (Phi) is 3.17. The van der Waals surface area contributed by atoms with Crippen LogP contribution in [0.25, 0.3) is 0 Å². The quantitative estimate of drug-likeness (QED) is 0.823. The lowest BCUT2D eigenvalue weighted by molar-refractivity contribution is -0.120. The van der Waals surface area contributed by atoms with E-state index in [9.17, 15) is 13.2 Å². The summed E-state index contributed by atoms with van der Waals surface area (Å²) in [6.45, 7) is 3.57. The van der Waals surface area contributed by atoms with Gasteiger partial charge in [0.25, 0.3) is 0 Å². The zero-order valence-electron chi connectivity index (χ0n) is 9.38. The molecule has 0 saturated carbocycles. The molecule has 6 heteroatoms. The predicted octanol–water partition coefficient (Wildman–Crippen LogP) is 0.277. The number of hydrogen-bond donors (Lipinski definition) is 1. The lowest BCUT2D eigenvalue weighted by Crippen LogP contribution is -2.46. The molecule has 0 spiro atoms. The first-order valence-corrected chi connectivity index (χ1v) is 6.65. The summed E-state index contributed by atoms with van der Waals surface area (Å²) in [6.07, 6.45) is 0. The number of rotatable bonds is 2. The van der Waals surface area contributed by atoms with E-state index in [0.717, 1.165) is 16.4 Å². The number of nitrogens with one attached hydrogen (secondary N) is 1. The van der Waals surface area contributed by atoms with Crippen molar-refractivity contribution in [1.29, 1.82) is 0 Å². The van der Waals surface area contributed by atoms with Gasteiger partial charge in [0.2, 0.25) is 15.9 Å². The second-order valence-electron chi connectivity index (χ2n) is 3.85. The fourth-order valence-corrected chi connectivity index (χ4v) is 2.88. The molecule has 1 N–H and O–H groups in total. The highest BCUT2D eigenvalue weighted by atomic mass is 32.2. The van der Waals surface area contributed by atoms with Crippen LogP contribution >= 0.6 is 0 Å². The van der Waals surface area contributed by atoms with Crippen LogP contribution in [0.2, 0.25) is 0 Å². The Morgan fingerprint density at radius 2 is 1.88 bits per heavy atom. The van der Waals surface area contributed by atoms with Crippen LogP contribution in [-0.2, 0) is 14.8 Å². The van der Waals surface area contributed by atoms with Crippen molar-refractivity contribution in [3.63, 3.8) is 0 Å². The average Bonchev–Trinajstić information content (AvgIpc) is 2.29. The molecule has 1 heterocycles. The molecule has 1 fully saturated rings. The molecule has 17 heavy (non-hydrogen) atoms. The minimum absolute atomic E-state index is 0.203. The number of carbonyl (C=O) groups excluding carboxylic acids is 1. The van der Waals surface area contributed by atoms with Crippen molar-refractivity contribution in [3.8, 4) is 0 Å². The fraction of sp³-hybridized carbons (Fsp3) is 0.273. The summed E-state index contributed by atoms with van der Waals surface area (Å²) < 4.78 is 25.4. The summed E-state index contributed by atoms with van der Waals surface area (Å²) in [5.74, 6) is -0.382. The Balaban J connectivity index is 2.29. The van der Waals surface area contributed by atoms with Crippen molar-refractivity contribution < 1.29 is 13.2 Å². The van der Waals surface area contributed by atoms with E-state index in [4.69, 9.17) is 0 Å². The van der Waals surface area contributed by atoms with Gasteiger partial charge in [0.15, 0.2) is 0 Å². The molecule has 91 valence electrons. The largest absolute Gasteiger partial charge is 0.353 e. The molecule has 2 rings (SSSR count). The van der Waals surface area contributed by atoms with Gasteiger partial charge in [0.05, 0.1) is 4.90 Å². The molecule has 1 aliphatic rings. The van der Waals surface area contributed by atoms with Gasteiger partial charge in [-0.25, -0.2) is 8.42 Å². The van der Waals surface area contributed by atoms with E-state index in [1.807, 2.05) is 6.92 Å². The Morgan fingerprint density at radius 3 is 2.47 bits per heavy atom. The first kappa shape index (κ1) is 12.1. The highest BCUT2D eigenvalue weighted by Crippen LogP contribution is 2.18. The molecule has 0 bridgehead atoms. The van der Waals surface area contributed by atoms with Gasteiger partial charge in [0, 0.05) is 13.1 Å². The molecule has 0 aromatic heterocycles. The third kappa shape index (κ3) is 2.48. The summed E-state index contributed by atoms with van der Waals surface area (Å²) >= 11 is 0. The summed E-state index contributed by atoms with van der Waals surface area (Å²) in [5, 5.41) is 2.54. The van der Waals surface area contributed by atoms with Crippen molar-refractivity contribution in [2.24, 2.45) is 0 Å². The van der Waals surface area contributed by atoms with E-state index in [1.165, 1.54) is 0 Å². The maximum absolute atomic E-state index is 12.2. The zero-order chi connectivity index (χ0) is 12.5. The third-order valence-corrected chi connectivity index (χ3v) is 4.29. The molecule has 0 atom stereocenters. The van der Waals surface area contributed by atoms with Crippen molar-refractivity contribution in [2.75, 3.05) is 13.1 Å². The molecule has 0 aliphatic carbocycles. The van der Waals surface area contributed by atoms with Gasteiger partial charge in [0.1, 0.15) is 6.54 Å². The maximum atomic E-state index is 12.2. The van der Waals surface area contributed by atoms with Crippen molar-refractivity contribution in [2.45, 2.75) is 11.8 Å². The van der Waals surface area contributed by atoms with Crippen LogP contribution in [0.5, 0.6) is 0 Å². The van der Waals surface area contributed by atoms with Gasteiger partial charge in [-0.1, -0.05) is 17.7 Å². The van der Waals surface area contributed by atoms with E-state index in [-0.39, 0.29) is 17.3 Å².